The summed E-state index contributed by atoms with van der Waals surface area (Å²) in [5.41, 5.74) is 2.42. The highest BCUT2D eigenvalue weighted by molar-refractivity contribution is 7.99. The second-order valence-electron chi connectivity index (χ2n) is 7.80. The highest BCUT2D eigenvalue weighted by Gasteiger charge is 2.22. The summed E-state index contributed by atoms with van der Waals surface area (Å²) < 4.78 is 17.4. The molecule has 1 saturated heterocycles. The van der Waals surface area contributed by atoms with Crippen LogP contribution in [0.4, 0.5) is 17.3 Å². The maximum atomic E-state index is 11.6. The van der Waals surface area contributed by atoms with E-state index < -0.39 is 0 Å². The van der Waals surface area contributed by atoms with Crippen molar-refractivity contribution in [3.05, 3.63) is 66.9 Å². The zero-order chi connectivity index (χ0) is 23.3. The molecule has 1 atom stereocenters. The Morgan fingerprint density at radius 1 is 1.15 bits per heavy atom. The lowest BCUT2D eigenvalue weighted by atomic mass is 10.3. The van der Waals surface area contributed by atoms with Gasteiger partial charge in [-0.1, -0.05) is 12.6 Å². The molecule has 0 saturated carbocycles. The smallest absolute Gasteiger partial charge is 0.247 e. The van der Waals surface area contributed by atoms with E-state index in [0.717, 1.165) is 47.2 Å². The summed E-state index contributed by atoms with van der Waals surface area (Å²) in [7, 11) is 0. The van der Waals surface area contributed by atoms with Gasteiger partial charge >= 0.3 is 0 Å². The molecule has 1 aromatic heterocycles. The fraction of sp³-hybridized carbons (Fsp3) is 0.240. The number of aryl methyl sites for hydroxylation is 1. The van der Waals surface area contributed by atoms with Gasteiger partial charge in [0.25, 0.3) is 0 Å². The van der Waals surface area contributed by atoms with Gasteiger partial charge in [0.1, 0.15) is 17.6 Å². The molecular formula is C25H24N4O4S. The summed E-state index contributed by atoms with van der Waals surface area (Å²) in [4.78, 5) is 21.9. The summed E-state index contributed by atoms with van der Waals surface area (Å²) in [5.74, 6) is 2.97. The fourth-order valence-corrected chi connectivity index (χ4v) is 4.67. The molecule has 2 aliphatic rings. The van der Waals surface area contributed by atoms with E-state index in [4.69, 9.17) is 14.2 Å². The Labute approximate surface area is 201 Å². The lowest BCUT2D eigenvalue weighted by molar-refractivity contribution is -0.111. The monoisotopic (exact) mass is 476 g/mol. The van der Waals surface area contributed by atoms with Crippen LogP contribution in [0.25, 0.3) is 0 Å². The summed E-state index contributed by atoms with van der Waals surface area (Å²) in [5, 5.41) is 6.00. The molecule has 174 valence electrons. The molecule has 1 unspecified atom stereocenters. The first-order chi connectivity index (χ1) is 16.7. The van der Waals surface area contributed by atoms with Gasteiger partial charge < -0.3 is 24.8 Å². The number of nitrogens with zero attached hydrogens (tertiary/aromatic N) is 2. The Balaban J connectivity index is 1.32. The molecule has 5 rings (SSSR count). The number of ether oxygens (including phenoxy) is 3. The maximum Gasteiger partial charge on any atom is 0.247 e. The Morgan fingerprint density at radius 2 is 2.03 bits per heavy atom. The van der Waals surface area contributed by atoms with E-state index >= 15 is 0 Å². The van der Waals surface area contributed by atoms with E-state index in [-0.39, 0.29) is 12.0 Å². The minimum Gasteiger partial charge on any atom is -0.488 e. The van der Waals surface area contributed by atoms with Crippen LogP contribution in [0.1, 0.15) is 12.1 Å². The minimum absolute atomic E-state index is 0.111. The van der Waals surface area contributed by atoms with Crippen LogP contribution in [0.3, 0.4) is 0 Å². The molecule has 0 spiro atoms. The van der Waals surface area contributed by atoms with E-state index in [2.05, 4.69) is 27.2 Å². The molecule has 3 aromatic rings. The second-order valence-corrected chi connectivity index (χ2v) is 8.91. The summed E-state index contributed by atoms with van der Waals surface area (Å²) in [6.45, 7) is 4.85. The van der Waals surface area contributed by atoms with Crippen LogP contribution in [0.5, 0.6) is 17.4 Å². The minimum atomic E-state index is -0.282. The number of aromatic nitrogens is 2. The predicted molar refractivity (Wildman–Crippen MR) is 131 cm³/mol. The number of anilines is 3. The van der Waals surface area contributed by atoms with Crippen molar-refractivity contribution in [2.24, 2.45) is 0 Å². The number of carbonyl (C=O) groups excluding carboxylic acids is 1. The largest absolute Gasteiger partial charge is 0.488 e. The Kier molecular flexibility index (Phi) is 6.64. The number of carbonyl (C=O) groups is 1. The van der Waals surface area contributed by atoms with Gasteiger partial charge in [0.2, 0.25) is 17.7 Å². The molecule has 8 nitrogen and oxygen atoms in total. The van der Waals surface area contributed by atoms with Crippen molar-refractivity contribution < 1.29 is 19.0 Å². The van der Waals surface area contributed by atoms with Crippen molar-refractivity contribution in [2.45, 2.75) is 23.8 Å². The molecule has 0 aliphatic carbocycles. The molecular weight excluding hydrogens is 452 g/mol. The van der Waals surface area contributed by atoms with Crippen molar-refractivity contribution in [2.75, 3.05) is 29.6 Å². The Bertz CT molecular complexity index is 1200. The third-order valence-corrected chi connectivity index (χ3v) is 6.40. The molecule has 2 aliphatic heterocycles. The number of thioether (sulfide) groups is 1. The molecule has 3 heterocycles. The molecule has 1 amide bonds. The molecule has 2 N–H and O–H groups in total. The van der Waals surface area contributed by atoms with Crippen molar-refractivity contribution in [1.82, 2.24) is 9.97 Å². The number of benzene rings is 2. The molecule has 2 aromatic carbocycles. The number of fused-ring (bicyclic) bond motifs is 1. The van der Waals surface area contributed by atoms with E-state index in [0.29, 0.717) is 29.9 Å². The van der Waals surface area contributed by atoms with Crippen molar-refractivity contribution in [1.29, 1.82) is 0 Å². The lowest BCUT2D eigenvalue weighted by Gasteiger charge is -2.14. The Morgan fingerprint density at radius 3 is 2.82 bits per heavy atom. The van der Waals surface area contributed by atoms with Crippen LogP contribution in [0.2, 0.25) is 0 Å². The fourth-order valence-electron chi connectivity index (χ4n) is 3.65. The summed E-state index contributed by atoms with van der Waals surface area (Å²) in [6, 6.07) is 14.9. The van der Waals surface area contributed by atoms with Gasteiger partial charge in [-0.3, -0.25) is 4.79 Å². The second kappa shape index (κ2) is 10.1. The average Bonchev–Trinajstić information content (AvgIpc) is 3.53. The standard InChI is InChI=1S/C25H24N4O4S/c1-2-22(30)26-17-4-3-5-19(14-17)33-24-23-21(11-13-34-23)28-25(29-24)27-16-6-8-18(9-7-16)32-20-10-12-31-15-20/h2-9,14,20H,1,10-13,15H2,(H,26,30)(H,27,28,29). The predicted octanol–water partition coefficient (Wildman–Crippen LogP) is 4.95. The van der Waals surface area contributed by atoms with Crippen LogP contribution < -0.4 is 20.1 Å². The van der Waals surface area contributed by atoms with E-state index in [1.807, 2.05) is 36.4 Å². The van der Waals surface area contributed by atoms with Crippen LogP contribution in [0, 0.1) is 0 Å². The quantitative estimate of drug-likeness (QED) is 0.441. The van der Waals surface area contributed by atoms with Gasteiger partial charge in [0.15, 0.2) is 0 Å². The van der Waals surface area contributed by atoms with Crippen LogP contribution in [-0.4, -0.2) is 40.9 Å². The zero-order valence-corrected chi connectivity index (χ0v) is 19.3. The average molecular weight is 477 g/mol. The zero-order valence-electron chi connectivity index (χ0n) is 18.5. The van der Waals surface area contributed by atoms with Crippen molar-refractivity contribution in [3.8, 4) is 17.4 Å². The summed E-state index contributed by atoms with van der Waals surface area (Å²) in [6.07, 6.45) is 3.09. The topological polar surface area (TPSA) is 94.6 Å². The first-order valence-electron chi connectivity index (χ1n) is 11.0. The number of amides is 1. The van der Waals surface area contributed by atoms with Gasteiger partial charge in [0, 0.05) is 36.0 Å². The maximum absolute atomic E-state index is 11.6. The van der Waals surface area contributed by atoms with Gasteiger partial charge in [0.05, 0.1) is 23.8 Å². The van der Waals surface area contributed by atoms with Gasteiger partial charge in [-0.25, -0.2) is 4.98 Å². The molecule has 0 radical (unpaired) electrons. The molecule has 0 bridgehead atoms. The number of rotatable bonds is 8. The SMILES string of the molecule is C=CC(=O)Nc1cccc(Oc2nc(Nc3ccc(OC4CCOC4)cc3)nc3c2SCC3)c1. The molecule has 9 heteroatoms. The normalized spacial score (nSPS) is 16.5. The highest BCUT2D eigenvalue weighted by atomic mass is 32.2. The van der Waals surface area contributed by atoms with Crippen LogP contribution in [0.15, 0.2) is 66.1 Å². The third kappa shape index (κ3) is 5.32. The van der Waals surface area contributed by atoms with Crippen LogP contribution in [-0.2, 0) is 16.0 Å². The van der Waals surface area contributed by atoms with Crippen LogP contribution >= 0.6 is 11.8 Å². The number of hydrogen-bond acceptors (Lipinski definition) is 8. The Hall–Kier alpha value is -3.56. The lowest BCUT2D eigenvalue weighted by Crippen LogP contribution is -2.15. The third-order valence-electron chi connectivity index (χ3n) is 5.29. The van der Waals surface area contributed by atoms with Gasteiger partial charge in [-0.15, -0.1) is 11.8 Å². The highest BCUT2D eigenvalue weighted by Crippen LogP contribution is 2.40. The van der Waals surface area contributed by atoms with Crippen molar-refractivity contribution >= 4 is 35.0 Å². The van der Waals surface area contributed by atoms with E-state index in [1.165, 1.54) is 6.08 Å². The summed E-state index contributed by atoms with van der Waals surface area (Å²) >= 11 is 1.68. The first-order valence-corrected chi connectivity index (χ1v) is 12.0. The molecule has 1 fully saturated rings. The number of hydrogen-bond donors (Lipinski definition) is 2. The first kappa shape index (κ1) is 22.2. The molecule has 34 heavy (non-hydrogen) atoms. The van der Waals surface area contributed by atoms with Gasteiger partial charge in [-0.2, -0.15) is 4.98 Å². The van der Waals surface area contributed by atoms with Gasteiger partial charge in [-0.05, 0) is 42.5 Å². The van der Waals surface area contributed by atoms with Crippen molar-refractivity contribution in [3.63, 3.8) is 0 Å². The van der Waals surface area contributed by atoms with E-state index in [9.17, 15) is 4.79 Å². The number of nitrogens with one attached hydrogen (secondary N) is 2. The van der Waals surface area contributed by atoms with E-state index in [1.54, 1.807) is 23.9 Å².